The second-order valence-electron chi connectivity index (χ2n) is 2.78. The van der Waals surface area contributed by atoms with Crippen LogP contribution in [-0.4, -0.2) is 17.9 Å². The predicted octanol–water partition coefficient (Wildman–Crippen LogP) is 1.53. The molecule has 2 heteroatoms. The number of allylic oxidation sites excluding steroid dienone is 1. The number of halogens is 1. The van der Waals surface area contributed by atoms with E-state index in [1.165, 1.54) is 6.08 Å². The van der Waals surface area contributed by atoms with Crippen molar-refractivity contribution < 1.29 is 9.50 Å². The highest BCUT2D eigenvalue weighted by Crippen LogP contribution is 2.22. The highest BCUT2D eigenvalue weighted by Gasteiger charge is 2.25. The van der Waals surface area contributed by atoms with Crippen molar-refractivity contribution in [3.05, 3.63) is 12.7 Å². The molecule has 0 rings (SSSR count). The smallest absolute Gasteiger partial charge is 0.125 e. The Hall–Kier alpha value is -0.370. The molecular weight excluding hydrogens is 119 g/mol. The quantitative estimate of drug-likeness (QED) is 0.577. The lowest BCUT2D eigenvalue weighted by Crippen LogP contribution is -2.27. The molecule has 54 valence electrons. The molecule has 0 aliphatic heterocycles. The Morgan fingerprint density at radius 1 is 1.78 bits per heavy atom. The highest BCUT2D eigenvalue weighted by atomic mass is 19.1. The van der Waals surface area contributed by atoms with Gasteiger partial charge in [0.1, 0.15) is 6.17 Å². The molecule has 0 aromatic carbocycles. The molecule has 0 saturated carbocycles. The molecule has 0 spiro atoms. The summed E-state index contributed by atoms with van der Waals surface area (Å²) in [5, 5.41) is 8.61. The summed E-state index contributed by atoms with van der Waals surface area (Å²) in [5.74, 6) is 0. The van der Waals surface area contributed by atoms with Crippen LogP contribution >= 0.6 is 0 Å². The summed E-state index contributed by atoms with van der Waals surface area (Å²) in [4.78, 5) is 0. The van der Waals surface area contributed by atoms with E-state index in [9.17, 15) is 4.39 Å². The lowest BCUT2D eigenvalue weighted by molar-refractivity contribution is 0.0924. The minimum absolute atomic E-state index is 0.153. The lowest BCUT2D eigenvalue weighted by atomic mass is 9.89. The second kappa shape index (κ2) is 2.97. The van der Waals surface area contributed by atoms with E-state index in [2.05, 4.69) is 6.58 Å². The summed E-state index contributed by atoms with van der Waals surface area (Å²) in [7, 11) is 0. The van der Waals surface area contributed by atoms with Gasteiger partial charge in [0, 0.05) is 5.41 Å². The van der Waals surface area contributed by atoms with Gasteiger partial charge < -0.3 is 5.11 Å². The first-order valence-electron chi connectivity index (χ1n) is 2.92. The number of hydrogen-bond donors (Lipinski definition) is 1. The first kappa shape index (κ1) is 8.63. The van der Waals surface area contributed by atoms with Crippen molar-refractivity contribution >= 4 is 0 Å². The van der Waals surface area contributed by atoms with Crippen molar-refractivity contribution in [2.24, 2.45) is 5.41 Å². The molecule has 0 bridgehead atoms. The minimum Gasteiger partial charge on any atom is -0.396 e. The zero-order valence-electron chi connectivity index (χ0n) is 5.89. The number of hydrogen-bond acceptors (Lipinski definition) is 1. The first-order valence-corrected chi connectivity index (χ1v) is 2.92. The molecule has 0 aliphatic carbocycles. The molecule has 0 amide bonds. The van der Waals surface area contributed by atoms with Gasteiger partial charge in [-0.1, -0.05) is 19.9 Å². The predicted molar refractivity (Wildman–Crippen MR) is 36.0 cm³/mol. The first-order chi connectivity index (χ1) is 4.04. The molecule has 0 fully saturated rings. The molecule has 1 N–H and O–H groups in total. The molecule has 0 saturated heterocycles. The Kier molecular flexibility index (Phi) is 2.85. The fourth-order valence-corrected chi connectivity index (χ4v) is 0.406. The molecule has 0 heterocycles. The Morgan fingerprint density at radius 3 is 2.33 bits per heavy atom. The van der Waals surface area contributed by atoms with Crippen molar-refractivity contribution in [1.82, 2.24) is 0 Å². The van der Waals surface area contributed by atoms with E-state index in [0.29, 0.717) is 0 Å². The number of aliphatic hydroxyl groups excluding tert-OH is 1. The zero-order chi connectivity index (χ0) is 7.49. The van der Waals surface area contributed by atoms with Crippen molar-refractivity contribution in [2.75, 3.05) is 6.61 Å². The van der Waals surface area contributed by atoms with Gasteiger partial charge in [0.2, 0.25) is 0 Å². The highest BCUT2D eigenvalue weighted by molar-refractivity contribution is 4.90. The van der Waals surface area contributed by atoms with Crippen LogP contribution < -0.4 is 0 Å². The molecule has 0 aliphatic rings. The topological polar surface area (TPSA) is 20.2 Å². The fraction of sp³-hybridized carbons (Fsp3) is 0.714. The zero-order valence-corrected chi connectivity index (χ0v) is 5.89. The van der Waals surface area contributed by atoms with Crippen LogP contribution in [0.25, 0.3) is 0 Å². The maximum atomic E-state index is 12.6. The summed E-state index contributed by atoms with van der Waals surface area (Å²) in [6, 6.07) is 0. The summed E-state index contributed by atoms with van der Waals surface area (Å²) >= 11 is 0. The number of rotatable bonds is 3. The van der Waals surface area contributed by atoms with Crippen molar-refractivity contribution in [2.45, 2.75) is 20.0 Å². The summed E-state index contributed by atoms with van der Waals surface area (Å²) < 4.78 is 12.6. The number of aliphatic hydroxyl groups is 1. The maximum absolute atomic E-state index is 12.6. The summed E-state index contributed by atoms with van der Waals surface area (Å²) in [5.41, 5.74) is -0.679. The molecule has 0 aromatic heterocycles. The third-order valence-electron chi connectivity index (χ3n) is 1.36. The normalized spacial score (nSPS) is 15.1. The van der Waals surface area contributed by atoms with Crippen LogP contribution in [0.4, 0.5) is 4.39 Å². The van der Waals surface area contributed by atoms with Crippen LogP contribution in [0, 0.1) is 5.41 Å². The van der Waals surface area contributed by atoms with Crippen LogP contribution in [0.15, 0.2) is 12.7 Å². The largest absolute Gasteiger partial charge is 0.396 e. The average Bonchev–Trinajstić information content (AvgIpc) is 1.86. The average molecular weight is 132 g/mol. The van der Waals surface area contributed by atoms with E-state index < -0.39 is 11.6 Å². The van der Waals surface area contributed by atoms with Crippen molar-refractivity contribution in [3.63, 3.8) is 0 Å². The van der Waals surface area contributed by atoms with Crippen molar-refractivity contribution in [3.8, 4) is 0 Å². The van der Waals surface area contributed by atoms with Crippen LogP contribution in [0.2, 0.25) is 0 Å². The third kappa shape index (κ3) is 2.14. The van der Waals surface area contributed by atoms with Gasteiger partial charge in [0.15, 0.2) is 0 Å². The van der Waals surface area contributed by atoms with Crippen LogP contribution in [0.1, 0.15) is 13.8 Å². The SMILES string of the molecule is C=C[C@H](F)C(C)(C)CO. The van der Waals surface area contributed by atoms with E-state index in [-0.39, 0.29) is 6.61 Å². The van der Waals surface area contributed by atoms with Crippen LogP contribution in [-0.2, 0) is 0 Å². The third-order valence-corrected chi connectivity index (χ3v) is 1.36. The molecule has 1 atom stereocenters. The van der Waals surface area contributed by atoms with Gasteiger partial charge >= 0.3 is 0 Å². The standard InChI is InChI=1S/C7H13FO/c1-4-6(8)7(2,3)5-9/h4,6,9H,1,5H2,2-3H3/t6-/m0/s1. The van der Waals surface area contributed by atoms with Gasteiger partial charge in [-0.2, -0.15) is 0 Å². The Morgan fingerprint density at radius 2 is 2.22 bits per heavy atom. The Bertz CT molecular complexity index is 99.1. The molecule has 0 aromatic rings. The Balaban J connectivity index is 3.95. The van der Waals surface area contributed by atoms with Gasteiger partial charge in [0.25, 0.3) is 0 Å². The van der Waals surface area contributed by atoms with E-state index >= 15 is 0 Å². The molecule has 0 unspecified atom stereocenters. The van der Waals surface area contributed by atoms with E-state index in [1.807, 2.05) is 0 Å². The lowest BCUT2D eigenvalue weighted by Gasteiger charge is -2.23. The number of alkyl halides is 1. The fourth-order valence-electron chi connectivity index (χ4n) is 0.406. The molecule has 0 radical (unpaired) electrons. The summed E-state index contributed by atoms with van der Waals surface area (Å²) in [6.07, 6.45) is 0.0819. The van der Waals surface area contributed by atoms with Gasteiger partial charge in [-0.3, -0.25) is 0 Å². The van der Waals surface area contributed by atoms with E-state index in [1.54, 1.807) is 13.8 Å². The van der Waals surface area contributed by atoms with E-state index in [4.69, 9.17) is 5.11 Å². The second-order valence-corrected chi connectivity index (χ2v) is 2.78. The molecule has 1 nitrogen and oxygen atoms in total. The van der Waals surface area contributed by atoms with Crippen LogP contribution in [0.3, 0.4) is 0 Å². The maximum Gasteiger partial charge on any atom is 0.125 e. The summed E-state index contributed by atoms with van der Waals surface area (Å²) in [6.45, 7) is 6.44. The molecule has 9 heavy (non-hydrogen) atoms. The van der Waals surface area contributed by atoms with Gasteiger partial charge in [-0.05, 0) is 0 Å². The van der Waals surface area contributed by atoms with Gasteiger partial charge in [0.05, 0.1) is 6.61 Å². The Labute approximate surface area is 55.2 Å². The van der Waals surface area contributed by atoms with Gasteiger partial charge in [-0.15, -0.1) is 6.58 Å². The van der Waals surface area contributed by atoms with Gasteiger partial charge in [-0.25, -0.2) is 4.39 Å². The molecular formula is C7H13FO. The van der Waals surface area contributed by atoms with E-state index in [0.717, 1.165) is 0 Å². The van der Waals surface area contributed by atoms with Crippen molar-refractivity contribution in [1.29, 1.82) is 0 Å². The van der Waals surface area contributed by atoms with Crippen LogP contribution in [0.5, 0.6) is 0 Å². The monoisotopic (exact) mass is 132 g/mol. The minimum atomic E-state index is -1.12.